The molecular weight excluding hydrogens is 278 g/mol. The molecule has 2 aromatic rings. The lowest BCUT2D eigenvalue weighted by molar-refractivity contribution is 0.299. The average Bonchev–Trinajstić information content (AvgIpc) is 2.54. The molecule has 0 unspecified atom stereocenters. The summed E-state index contributed by atoms with van der Waals surface area (Å²) in [5, 5.41) is 3.43. The Morgan fingerprint density at radius 1 is 1.05 bits per heavy atom. The van der Waals surface area contributed by atoms with Gasteiger partial charge in [-0.15, -0.1) is 11.8 Å². The van der Waals surface area contributed by atoms with Gasteiger partial charge in [0.05, 0.1) is 0 Å². The quantitative estimate of drug-likeness (QED) is 0.573. The van der Waals surface area contributed by atoms with E-state index < -0.39 is 0 Å². The monoisotopic (exact) mass is 301 g/mol. The molecule has 2 rings (SSSR count). The van der Waals surface area contributed by atoms with Crippen LogP contribution in [0.3, 0.4) is 0 Å². The van der Waals surface area contributed by atoms with E-state index in [9.17, 15) is 0 Å². The van der Waals surface area contributed by atoms with Crippen LogP contribution in [0.2, 0.25) is 0 Å². The fraction of sp³-hybridized carbons (Fsp3) is 0.333. The van der Waals surface area contributed by atoms with Gasteiger partial charge >= 0.3 is 0 Å². The van der Waals surface area contributed by atoms with Gasteiger partial charge in [0, 0.05) is 11.4 Å². The van der Waals surface area contributed by atoms with Crippen molar-refractivity contribution in [1.29, 1.82) is 0 Å². The van der Waals surface area contributed by atoms with Gasteiger partial charge in [-0.05, 0) is 42.5 Å². The second-order valence-electron chi connectivity index (χ2n) is 4.94. The van der Waals surface area contributed by atoms with Crippen molar-refractivity contribution in [2.45, 2.75) is 31.4 Å². The predicted octanol–water partition coefficient (Wildman–Crippen LogP) is 4.49. The lowest BCUT2D eigenvalue weighted by Gasteiger charge is -2.11. The molecule has 0 aliphatic carbocycles. The molecule has 0 aliphatic heterocycles. The number of nitrogens with one attached hydrogen (secondary N) is 1. The van der Waals surface area contributed by atoms with Crippen LogP contribution in [0.1, 0.15) is 24.5 Å². The third kappa shape index (κ3) is 5.10. The van der Waals surface area contributed by atoms with Crippen molar-refractivity contribution in [3.63, 3.8) is 0 Å². The summed E-state index contributed by atoms with van der Waals surface area (Å²) in [6.07, 6.45) is 3.23. The molecule has 0 fully saturated rings. The summed E-state index contributed by atoms with van der Waals surface area (Å²) in [6.45, 7) is 4.77. The standard InChI is InChI=1S/C18H23NOS/c1-3-11-19-13-15-7-6-8-16(12-15)14-20-17-9-4-5-10-18(17)21-2/h4-10,12,19H,3,11,13-14H2,1-2H3. The Morgan fingerprint density at radius 2 is 1.86 bits per heavy atom. The van der Waals surface area contributed by atoms with Gasteiger partial charge in [-0.3, -0.25) is 0 Å². The molecular formula is C18H23NOS. The molecule has 0 amide bonds. The maximum absolute atomic E-state index is 5.95. The number of thioether (sulfide) groups is 1. The molecule has 112 valence electrons. The predicted molar refractivity (Wildman–Crippen MR) is 91.0 cm³/mol. The lowest BCUT2D eigenvalue weighted by Crippen LogP contribution is -2.13. The number of hydrogen-bond donors (Lipinski definition) is 1. The molecule has 2 aromatic carbocycles. The molecule has 1 N–H and O–H groups in total. The molecule has 0 radical (unpaired) electrons. The minimum Gasteiger partial charge on any atom is -0.488 e. The Kier molecular flexibility index (Phi) is 6.64. The molecule has 21 heavy (non-hydrogen) atoms. The smallest absolute Gasteiger partial charge is 0.133 e. The van der Waals surface area contributed by atoms with Gasteiger partial charge in [-0.1, -0.05) is 43.3 Å². The van der Waals surface area contributed by atoms with Crippen LogP contribution in [0, 0.1) is 0 Å². The highest BCUT2D eigenvalue weighted by Gasteiger charge is 2.02. The summed E-state index contributed by atoms with van der Waals surface area (Å²) in [7, 11) is 0. The highest BCUT2D eigenvalue weighted by molar-refractivity contribution is 7.98. The highest BCUT2D eigenvalue weighted by Crippen LogP contribution is 2.27. The summed E-state index contributed by atoms with van der Waals surface area (Å²) >= 11 is 1.71. The lowest BCUT2D eigenvalue weighted by atomic mass is 10.1. The van der Waals surface area contributed by atoms with Crippen LogP contribution < -0.4 is 10.1 Å². The molecule has 0 saturated heterocycles. The highest BCUT2D eigenvalue weighted by atomic mass is 32.2. The zero-order chi connectivity index (χ0) is 14.9. The first kappa shape index (κ1) is 15.9. The van der Waals surface area contributed by atoms with Crippen LogP contribution in [0.25, 0.3) is 0 Å². The summed E-state index contributed by atoms with van der Waals surface area (Å²) < 4.78 is 5.95. The molecule has 0 bridgehead atoms. The maximum Gasteiger partial charge on any atom is 0.133 e. The van der Waals surface area contributed by atoms with Crippen molar-refractivity contribution >= 4 is 11.8 Å². The Balaban J connectivity index is 1.95. The zero-order valence-electron chi connectivity index (χ0n) is 12.8. The molecule has 3 heteroatoms. The van der Waals surface area contributed by atoms with E-state index in [0.717, 1.165) is 25.3 Å². The van der Waals surface area contributed by atoms with Crippen LogP contribution in [0.15, 0.2) is 53.4 Å². The van der Waals surface area contributed by atoms with Gasteiger partial charge in [-0.2, -0.15) is 0 Å². The Bertz CT molecular complexity index is 556. The number of rotatable bonds is 8. The Hall–Kier alpha value is -1.45. The summed E-state index contributed by atoms with van der Waals surface area (Å²) in [5.41, 5.74) is 2.52. The van der Waals surface area contributed by atoms with E-state index in [1.54, 1.807) is 11.8 Å². The summed E-state index contributed by atoms with van der Waals surface area (Å²) in [4.78, 5) is 1.18. The molecule has 0 saturated carbocycles. The molecule has 0 aromatic heterocycles. The van der Waals surface area contributed by atoms with Gasteiger partial charge in [0.25, 0.3) is 0 Å². The molecule has 0 spiro atoms. The molecule has 0 atom stereocenters. The van der Waals surface area contributed by atoms with E-state index in [1.165, 1.54) is 16.0 Å². The maximum atomic E-state index is 5.95. The van der Waals surface area contributed by atoms with E-state index in [1.807, 2.05) is 18.2 Å². The van der Waals surface area contributed by atoms with Crippen LogP contribution in [-0.4, -0.2) is 12.8 Å². The Labute approximate surface area is 131 Å². The van der Waals surface area contributed by atoms with Crippen molar-refractivity contribution in [1.82, 2.24) is 5.32 Å². The van der Waals surface area contributed by atoms with Crippen LogP contribution >= 0.6 is 11.8 Å². The third-order valence-corrected chi connectivity index (χ3v) is 3.99. The first-order valence-corrected chi connectivity index (χ1v) is 8.60. The fourth-order valence-electron chi connectivity index (χ4n) is 2.14. The van der Waals surface area contributed by atoms with Crippen LogP contribution in [0.5, 0.6) is 5.75 Å². The van der Waals surface area contributed by atoms with Crippen molar-refractivity contribution in [2.24, 2.45) is 0 Å². The molecule has 0 heterocycles. The minimum atomic E-state index is 0.610. The normalized spacial score (nSPS) is 10.6. The van der Waals surface area contributed by atoms with Crippen LogP contribution in [-0.2, 0) is 13.2 Å². The summed E-state index contributed by atoms with van der Waals surface area (Å²) in [6, 6.07) is 16.8. The van der Waals surface area contributed by atoms with Crippen LogP contribution in [0.4, 0.5) is 0 Å². The number of ether oxygens (including phenoxy) is 1. The van der Waals surface area contributed by atoms with Crippen molar-refractivity contribution < 1.29 is 4.74 Å². The SMILES string of the molecule is CCCNCc1cccc(COc2ccccc2SC)c1. The van der Waals surface area contributed by atoms with E-state index >= 15 is 0 Å². The second kappa shape index (κ2) is 8.75. The number of para-hydroxylation sites is 1. The first-order valence-electron chi connectivity index (χ1n) is 7.38. The largest absolute Gasteiger partial charge is 0.488 e. The van der Waals surface area contributed by atoms with Gasteiger partial charge in [0.2, 0.25) is 0 Å². The second-order valence-corrected chi connectivity index (χ2v) is 5.78. The third-order valence-electron chi connectivity index (χ3n) is 3.21. The van der Waals surface area contributed by atoms with Crippen molar-refractivity contribution in [3.05, 3.63) is 59.7 Å². The van der Waals surface area contributed by atoms with Gasteiger partial charge in [-0.25, -0.2) is 0 Å². The van der Waals surface area contributed by atoms with Gasteiger partial charge in [0.15, 0.2) is 0 Å². The Morgan fingerprint density at radius 3 is 2.67 bits per heavy atom. The zero-order valence-corrected chi connectivity index (χ0v) is 13.6. The van der Waals surface area contributed by atoms with E-state index in [-0.39, 0.29) is 0 Å². The molecule has 2 nitrogen and oxygen atoms in total. The van der Waals surface area contributed by atoms with E-state index in [0.29, 0.717) is 6.61 Å². The van der Waals surface area contributed by atoms with Gasteiger partial charge in [0.1, 0.15) is 12.4 Å². The average molecular weight is 301 g/mol. The van der Waals surface area contributed by atoms with Crippen molar-refractivity contribution in [3.8, 4) is 5.75 Å². The first-order chi connectivity index (χ1) is 10.3. The fourth-order valence-corrected chi connectivity index (χ4v) is 2.68. The minimum absolute atomic E-state index is 0.610. The number of hydrogen-bond acceptors (Lipinski definition) is 3. The number of benzene rings is 2. The van der Waals surface area contributed by atoms with E-state index in [4.69, 9.17) is 4.74 Å². The topological polar surface area (TPSA) is 21.3 Å². The van der Waals surface area contributed by atoms with Crippen molar-refractivity contribution in [2.75, 3.05) is 12.8 Å². The summed E-state index contributed by atoms with van der Waals surface area (Å²) in [5.74, 6) is 0.958. The van der Waals surface area contributed by atoms with Gasteiger partial charge < -0.3 is 10.1 Å². The van der Waals surface area contributed by atoms with E-state index in [2.05, 4.69) is 48.8 Å². The molecule has 0 aliphatic rings.